The van der Waals surface area contributed by atoms with E-state index in [1.54, 1.807) is 0 Å². The summed E-state index contributed by atoms with van der Waals surface area (Å²) in [7, 11) is -2.99. The summed E-state index contributed by atoms with van der Waals surface area (Å²) in [5.41, 5.74) is 9.75. The zero-order chi connectivity index (χ0) is 14.0. The number of rotatable bonds is 3. The van der Waals surface area contributed by atoms with Crippen molar-refractivity contribution in [3.05, 3.63) is 34.9 Å². The highest BCUT2D eigenvalue weighted by atomic mass is 32.2. The van der Waals surface area contributed by atoms with Gasteiger partial charge in [0.05, 0.1) is 11.0 Å². The summed E-state index contributed by atoms with van der Waals surface area (Å²) < 4.78 is 24.2. The van der Waals surface area contributed by atoms with Crippen LogP contribution in [0.15, 0.2) is 18.2 Å². The van der Waals surface area contributed by atoms with Crippen LogP contribution < -0.4 is 5.73 Å². The van der Waals surface area contributed by atoms with Crippen LogP contribution >= 0.6 is 0 Å². The molecule has 1 aliphatic rings. The first-order valence-electron chi connectivity index (χ1n) is 6.93. The van der Waals surface area contributed by atoms with Crippen molar-refractivity contribution < 1.29 is 8.42 Å². The van der Waals surface area contributed by atoms with Crippen LogP contribution in [0.4, 0.5) is 0 Å². The topological polar surface area (TPSA) is 60.2 Å². The molecule has 2 rings (SSSR count). The van der Waals surface area contributed by atoms with Crippen molar-refractivity contribution >= 4 is 9.84 Å². The lowest BCUT2D eigenvalue weighted by Gasteiger charge is -2.28. The lowest BCUT2D eigenvalue weighted by atomic mass is 9.96. The summed E-state index contributed by atoms with van der Waals surface area (Å²) in [6, 6.07) is 5.98. The molecule has 1 heterocycles. The second-order valence-electron chi connectivity index (χ2n) is 5.70. The maximum Gasteiger partial charge on any atom is 0.154 e. The average Bonchev–Trinajstić information content (AvgIpc) is 2.33. The Labute approximate surface area is 116 Å². The highest BCUT2D eigenvalue weighted by Crippen LogP contribution is 2.24. The summed E-state index contributed by atoms with van der Waals surface area (Å²) in [4.78, 5) is 0. The van der Waals surface area contributed by atoms with E-state index in [4.69, 9.17) is 5.73 Å². The quantitative estimate of drug-likeness (QED) is 0.923. The Kier molecular flexibility index (Phi) is 4.31. The first-order chi connectivity index (χ1) is 8.90. The van der Waals surface area contributed by atoms with Crippen LogP contribution in [-0.2, 0) is 16.3 Å². The first-order valence-corrected chi connectivity index (χ1v) is 8.65. The SMILES string of the molecule is Cc1ccc(C)c(CC(N)C2CCCCS2(=O)=O)c1. The Morgan fingerprint density at radius 3 is 2.74 bits per heavy atom. The molecule has 19 heavy (non-hydrogen) atoms. The highest BCUT2D eigenvalue weighted by molar-refractivity contribution is 7.92. The average molecular weight is 281 g/mol. The largest absolute Gasteiger partial charge is 0.326 e. The summed E-state index contributed by atoms with van der Waals surface area (Å²) in [5, 5.41) is -0.360. The van der Waals surface area contributed by atoms with Crippen LogP contribution in [-0.4, -0.2) is 25.5 Å². The molecule has 106 valence electrons. The Morgan fingerprint density at radius 1 is 1.32 bits per heavy atom. The summed E-state index contributed by atoms with van der Waals surface area (Å²) in [6.45, 7) is 4.10. The van der Waals surface area contributed by atoms with Gasteiger partial charge in [0.1, 0.15) is 0 Å². The predicted octanol–water partition coefficient (Wildman–Crippen LogP) is 2.14. The molecule has 0 spiro atoms. The first kappa shape index (κ1) is 14.5. The zero-order valence-corrected chi connectivity index (χ0v) is 12.5. The Bertz CT molecular complexity index is 551. The number of hydrogen-bond donors (Lipinski definition) is 1. The molecule has 0 bridgehead atoms. The minimum Gasteiger partial charge on any atom is -0.326 e. The summed E-state index contributed by atoms with van der Waals surface area (Å²) in [5.74, 6) is 0.304. The van der Waals surface area contributed by atoms with Gasteiger partial charge in [-0.3, -0.25) is 0 Å². The minimum atomic E-state index is -2.99. The van der Waals surface area contributed by atoms with Gasteiger partial charge >= 0.3 is 0 Å². The fraction of sp³-hybridized carbons (Fsp3) is 0.600. The maximum absolute atomic E-state index is 12.1. The molecule has 3 nitrogen and oxygen atoms in total. The van der Waals surface area contributed by atoms with Crippen molar-refractivity contribution in [3.8, 4) is 0 Å². The molecule has 2 unspecified atom stereocenters. The maximum atomic E-state index is 12.1. The van der Waals surface area contributed by atoms with Crippen LogP contribution in [0.2, 0.25) is 0 Å². The number of aryl methyl sites for hydroxylation is 2. The van der Waals surface area contributed by atoms with E-state index in [1.165, 1.54) is 16.7 Å². The fourth-order valence-electron chi connectivity index (χ4n) is 2.87. The molecular weight excluding hydrogens is 258 g/mol. The van der Waals surface area contributed by atoms with Gasteiger partial charge in [-0.2, -0.15) is 0 Å². The van der Waals surface area contributed by atoms with Crippen molar-refractivity contribution in [3.63, 3.8) is 0 Å². The van der Waals surface area contributed by atoms with Gasteiger partial charge in [0, 0.05) is 6.04 Å². The van der Waals surface area contributed by atoms with Gasteiger partial charge in [-0.05, 0) is 44.2 Å². The Balaban J connectivity index is 2.16. The second kappa shape index (κ2) is 5.63. The standard InChI is InChI=1S/C15H23NO2S/c1-11-6-7-12(2)13(9-11)10-14(16)15-5-3-4-8-19(15,17)18/h6-7,9,14-15H,3-5,8,10,16H2,1-2H3. The smallest absolute Gasteiger partial charge is 0.154 e. The van der Waals surface area contributed by atoms with Crippen molar-refractivity contribution in [2.45, 2.75) is 50.8 Å². The van der Waals surface area contributed by atoms with Crippen molar-refractivity contribution in [2.24, 2.45) is 5.73 Å². The van der Waals surface area contributed by atoms with Crippen molar-refractivity contribution in [1.29, 1.82) is 0 Å². The van der Waals surface area contributed by atoms with Crippen molar-refractivity contribution in [1.82, 2.24) is 0 Å². The van der Waals surface area contributed by atoms with Gasteiger partial charge in [0.2, 0.25) is 0 Å². The molecule has 0 aromatic heterocycles. The van der Waals surface area contributed by atoms with Gasteiger partial charge < -0.3 is 5.73 Å². The van der Waals surface area contributed by atoms with Crippen LogP contribution in [0.3, 0.4) is 0 Å². The molecule has 0 amide bonds. The molecule has 2 atom stereocenters. The second-order valence-corrected chi connectivity index (χ2v) is 8.04. The van der Waals surface area contributed by atoms with Gasteiger partial charge in [0.25, 0.3) is 0 Å². The molecule has 4 heteroatoms. The lowest BCUT2D eigenvalue weighted by Crippen LogP contribution is -2.45. The molecule has 0 saturated carbocycles. The van der Waals surface area contributed by atoms with Gasteiger partial charge in [0.15, 0.2) is 9.84 Å². The normalized spacial score (nSPS) is 24.1. The van der Waals surface area contributed by atoms with Gasteiger partial charge in [-0.15, -0.1) is 0 Å². The number of benzene rings is 1. The molecule has 1 aromatic carbocycles. The molecular formula is C15H23NO2S. The fourth-order valence-corrected chi connectivity index (χ4v) is 4.93. The third-order valence-corrected chi connectivity index (χ3v) is 6.43. The molecule has 1 aliphatic heterocycles. The van der Waals surface area contributed by atoms with E-state index in [2.05, 4.69) is 25.1 Å². The molecule has 0 radical (unpaired) electrons. The lowest BCUT2D eigenvalue weighted by molar-refractivity contribution is 0.494. The third-order valence-electron chi connectivity index (χ3n) is 4.07. The number of sulfone groups is 1. The monoisotopic (exact) mass is 281 g/mol. The van der Waals surface area contributed by atoms with E-state index < -0.39 is 9.84 Å². The molecule has 1 saturated heterocycles. The van der Waals surface area contributed by atoms with E-state index >= 15 is 0 Å². The highest BCUT2D eigenvalue weighted by Gasteiger charge is 2.33. The molecule has 1 fully saturated rings. The van der Waals surface area contributed by atoms with E-state index in [-0.39, 0.29) is 11.3 Å². The van der Waals surface area contributed by atoms with E-state index in [0.29, 0.717) is 18.6 Å². The van der Waals surface area contributed by atoms with Gasteiger partial charge in [-0.1, -0.05) is 30.2 Å². The van der Waals surface area contributed by atoms with E-state index in [9.17, 15) is 8.42 Å². The molecule has 0 aliphatic carbocycles. The predicted molar refractivity (Wildman–Crippen MR) is 79.0 cm³/mol. The number of nitrogens with two attached hydrogens (primary N) is 1. The third kappa shape index (κ3) is 3.37. The van der Waals surface area contributed by atoms with Gasteiger partial charge in [-0.25, -0.2) is 8.42 Å². The van der Waals surface area contributed by atoms with Crippen LogP contribution in [0.1, 0.15) is 36.0 Å². The van der Waals surface area contributed by atoms with Crippen LogP contribution in [0.5, 0.6) is 0 Å². The number of hydrogen-bond acceptors (Lipinski definition) is 3. The van der Waals surface area contributed by atoms with E-state index in [0.717, 1.165) is 12.8 Å². The van der Waals surface area contributed by atoms with Crippen molar-refractivity contribution in [2.75, 3.05) is 5.75 Å². The molecule has 2 N–H and O–H groups in total. The molecule has 1 aromatic rings. The minimum absolute atomic E-state index is 0.286. The van der Waals surface area contributed by atoms with E-state index in [1.807, 2.05) is 6.92 Å². The van der Waals surface area contributed by atoms with Crippen LogP contribution in [0.25, 0.3) is 0 Å². The Hall–Kier alpha value is -0.870. The zero-order valence-electron chi connectivity index (χ0n) is 11.7. The summed E-state index contributed by atoms with van der Waals surface area (Å²) in [6.07, 6.45) is 3.13. The summed E-state index contributed by atoms with van der Waals surface area (Å²) >= 11 is 0. The Morgan fingerprint density at radius 2 is 2.05 bits per heavy atom. The van der Waals surface area contributed by atoms with Crippen LogP contribution in [0, 0.1) is 13.8 Å².